The maximum Gasteiger partial charge on any atom is 0.229 e. The Bertz CT molecular complexity index is 816. The Morgan fingerprint density at radius 1 is 1.17 bits per heavy atom. The molecule has 6 nitrogen and oxygen atoms in total. The summed E-state index contributed by atoms with van der Waals surface area (Å²) in [6.07, 6.45) is 1.16. The highest BCUT2D eigenvalue weighted by Crippen LogP contribution is 2.27. The molecule has 0 spiro atoms. The van der Waals surface area contributed by atoms with Gasteiger partial charge in [0.1, 0.15) is 12.4 Å². The molecule has 2 aromatic carbocycles. The zero-order valence-corrected chi connectivity index (χ0v) is 13.2. The van der Waals surface area contributed by atoms with Crippen LogP contribution in [0.4, 0.5) is 5.69 Å². The number of benzene rings is 2. The first-order chi connectivity index (χ1) is 10.9. The number of ketones is 1. The van der Waals surface area contributed by atoms with Crippen LogP contribution in [0.25, 0.3) is 0 Å². The highest BCUT2D eigenvalue weighted by atomic mass is 32.2. The van der Waals surface area contributed by atoms with Crippen LogP contribution in [0, 0.1) is 0 Å². The fourth-order valence-corrected chi connectivity index (χ4v) is 2.45. The topological polar surface area (TPSA) is 89.5 Å². The number of rotatable bonds is 7. The van der Waals surface area contributed by atoms with Gasteiger partial charge in [-0.1, -0.05) is 30.3 Å². The lowest BCUT2D eigenvalue weighted by molar-refractivity contribution is -0.104. The van der Waals surface area contributed by atoms with Gasteiger partial charge in [0, 0.05) is 5.56 Å². The summed E-state index contributed by atoms with van der Waals surface area (Å²) >= 11 is 0. The van der Waals surface area contributed by atoms with E-state index in [9.17, 15) is 18.0 Å². The van der Waals surface area contributed by atoms with Gasteiger partial charge in [0.05, 0.1) is 11.9 Å². The lowest BCUT2D eigenvalue weighted by Gasteiger charge is -2.13. The molecule has 0 aliphatic carbocycles. The Hall–Kier alpha value is -2.67. The van der Waals surface area contributed by atoms with E-state index in [4.69, 9.17) is 4.74 Å². The van der Waals surface area contributed by atoms with E-state index >= 15 is 0 Å². The van der Waals surface area contributed by atoms with Gasteiger partial charge >= 0.3 is 0 Å². The van der Waals surface area contributed by atoms with E-state index < -0.39 is 15.8 Å². The van der Waals surface area contributed by atoms with Crippen LogP contribution in [0.15, 0.2) is 48.5 Å². The standard InChI is InChI=1S/C16H15NO5S/c1-23(20,21)17-14-9-13(15(19)10-18)7-8-16(14)22-11-12-5-3-2-4-6-12/h2-10,17H,11H2,1H3. The molecular weight excluding hydrogens is 318 g/mol. The van der Waals surface area contributed by atoms with Gasteiger partial charge in [0.25, 0.3) is 0 Å². The van der Waals surface area contributed by atoms with E-state index in [-0.39, 0.29) is 29.9 Å². The van der Waals surface area contributed by atoms with Crippen LogP contribution < -0.4 is 9.46 Å². The summed E-state index contributed by atoms with van der Waals surface area (Å²) in [7, 11) is -3.56. The number of ether oxygens (including phenoxy) is 1. The number of sulfonamides is 1. The highest BCUT2D eigenvalue weighted by molar-refractivity contribution is 7.92. The molecule has 0 heterocycles. The molecule has 0 aliphatic heterocycles. The summed E-state index contributed by atoms with van der Waals surface area (Å²) in [6.45, 7) is 0.236. The molecule has 0 bridgehead atoms. The lowest BCUT2D eigenvalue weighted by atomic mass is 10.1. The van der Waals surface area contributed by atoms with Crippen molar-refractivity contribution < 1.29 is 22.7 Å². The summed E-state index contributed by atoms with van der Waals surface area (Å²) in [6, 6.07) is 13.5. The molecule has 23 heavy (non-hydrogen) atoms. The van der Waals surface area contributed by atoms with Crippen molar-refractivity contribution in [2.24, 2.45) is 0 Å². The van der Waals surface area contributed by atoms with Gasteiger partial charge in [-0.25, -0.2) is 8.42 Å². The molecule has 0 amide bonds. The highest BCUT2D eigenvalue weighted by Gasteiger charge is 2.13. The zero-order valence-electron chi connectivity index (χ0n) is 12.4. The Morgan fingerprint density at radius 3 is 2.48 bits per heavy atom. The predicted octanol–water partition coefficient (Wildman–Crippen LogP) is 2.02. The van der Waals surface area contributed by atoms with Crippen molar-refractivity contribution in [2.45, 2.75) is 6.61 Å². The zero-order chi connectivity index (χ0) is 16.9. The third-order valence-corrected chi connectivity index (χ3v) is 3.49. The fraction of sp³-hybridized carbons (Fsp3) is 0.125. The first-order valence-corrected chi connectivity index (χ1v) is 8.56. The lowest BCUT2D eigenvalue weighted by Crippen LogP contribution is -2.12. The second kappa shape index (κ2) is 7.06. The third kappa shape index (κ3) is 4.93. The number of hydrogen-bond acceptors (Lipinski definition) is 5. The summed E-state index contributed by atoms with van der Waals surface area (Å²) in [5, 5.41) is 0. The van der Waals surface area contributed by atoms with Gasteiger partial charge in [0.2, 0.25) is 15.8 Å². The van der Waals surface area contributed by atoms with E-state index in [0.717, 1.165) is 11.8 Å². The van der Waals surface area contributed by atoms with E-state index in [0.29, 0.717) is 0 Å². The molecule has 7 heteroatoms. The second-order valence-electron chi connectivity index (χ2n) is 4.84. The van der Waals surface area contributed by atoms with E-state index in [2.05, 4.69) is 4.72 Å². The summed E-state index contributed by atoms with van der Waals surface area (Å²) in [5.74, 6) is -0.474. The number of carbonyl (C=O) groups excluding carboxylic acids is 2. The van der Waals surface area contributed by atoms with Crippen molar-refractivity contribution in [3.63, 3.8) is 0 Å². The van der Waals surface area contributed by atoms with Crippen LogP contribution in [0.3, 0.4) is 0 Å². The van der Waals surface area contributed by atoms with Crippen molar-refractivity contribution in [1.29, 1.82) is 0 Å². The molecule has 0 unspecified atom stereocenters. The largest absolute Gasteiger partial charge is 0.487 e. The number of anilines is 1. The SMILES string of the molecule is CS(=O)(=O)Nc1cc(C(=O)C=O)ccc1OCc1ccccc1. The van der Waals surface area contributed by atoms with Gasteiger partial charge in [0.15, 0.2) is 6.29 Å². The number of carbonyl (C=O) groups is 2. The van der Waals surface area contributed by atoms with Crippen LogP contribution >= 0.6 is 0 Å². The Balaban J connectivity index is 2.29. The van der Waals surface area contributed by atoms with Crippen LogP contribution in [0.2, 0.25) is 0 Å². The molecule has 0 saturated heterocycles. The fourth-order valence-electron chi connectivity index (χ4n) is 1.89. The number of hydrogen-bond donors (Lipinski definition) is 1. The number of Topliss-reactive ketones (excluding diaryl/α,β-unsaturated/α-hetero) is 1. The number of nitrogens with one attached hydrogen (secondary N) is 1. The van der Waals surface area contributed by atoms with Crippen LogP contribution in [-0.2, 0) is 21.4 Å². The van der Waals surface area contributed by atoms with E-state index in [1.165, 1.54) is 18.2 Å². The summed E-state index contributed by atoms with van der Waals surface area (Å²) in [5.41, 5.74) is 1.10. The van der Waals surface area contributed by atoms with Gasteiger partial charge in [-0.15, -0.1) is 0 Å². The molecule has 0 aliphatic rings. The molecule has 0 aromatic heterocycles. The average molecular weight is 333 g/mol. The van der Waals surface area contributed by atoms with Crippen LogP contribution in [-0.4, -0.2) is 26.7 Å². The maximum atomic E-state index is 11.5. The molecule has 0 atom stereocenters. The molecule has 0 fully saturated rings. The minimum atomic E-state index is -3.56. The van der Waals surface area contributed by atoms with Gasteiger partial charge < -0.3 is 4.74 Å². The first kappa shape index (κ1) is 16.7. The molecule has 0 radical (unpaired) electrons. The van der Waals surface area contributed by atoms with Gasteiger partial charge in [-0.3, -0.25) is 14.3 Å². The Morgan fingerprint density at radius 2 is 1.87 bits per heavy atom. The molecule has 0 saturated carbocycles. The minimum absolute atomic E-state index is 0.0817. The molecular formula is C16H15NO5S. The van der Waals surface area contributed by atoms with Gasteiger partial charge in [-0.05, 0) is 23.8 Å². The normalized spacial score (nSPS) is 10.8. The van der Waals surface area contributed by atoms with Crippen molar-refractivity contribution in [2.75, 3.05) is 11.0 Å². The van der Waals surface area contributed by atoms with E-state index in [1.807, 2.05) is 30.3 Å². The predicted molar refractivity (Wildman–Crippen MR) is 86.1 cm³/mol. The van der Waals surface area contributed by atoms with Crippen molar-refractivity contribution in [1.82, 2.24) is 0 Å². The molecule has 2 aromatic rings. The van der Waals surface area contributed by atoms with Crippen molar-refractivity contribution >= 4 is 27.8 Å². The first-order valence-electron chi connectivity index (χ1n) is 6.67. The Kier molecular flexibility index (Phi) is 5.13. The minimum Gasteiger partial charge on any atom is -0.487 e. The second-order valence-corrected chi connectivity index (χ2v) is 6.59. The van der Waals surface area contributed by atoms with Crippen molar-refractivity contribution in [3.8, 4) is 5.75 Å². The quantitative estimate of drug-likeness (QED) is 0.476. The smallest absolute Gasteiger partial charge is 0.229 e. The van der Waals surface area contributed by atoms with Crippen LogP contribution in [0.5, 0.6) is 5.75 Å². The van der Waals surface area contributed by atoms with Crippen molar-refractivity contribution in [3.05, 3.63) is 59.7 Å². The maximum absolute atomic E-state index is 11.5. The monoisotopic (exact) mass is 333 g/mol. The van der Waals surface area contributed by atoms with Gasteiger partial charge in [-0.2, -0.15) is 0 Å². The van der Waals surface area contributed by atoms with E-state index in [1.54, 1.807) is 0 Å². The molecule has 1 N–H and O–H groups in total. The average Bonchev–Trinajstić information content (AvgIpc) is 2.52. The summed E-state index contributed by atoms with van der Waals surface area (Å²) in [4.78, 5) is 22.0. The molecule has 120 valence electrons. The molecule has 2 rings (SSSR count). The van der Waals surface area contributed by atoms with Crippen LogP contribution in [0.1, 0.15) is 15.9 Å². The third-order valence-electron chi connectivity index (χ3n) is 2.90. The Labute approximate surface area is 134 Å². The number of aldehydes is 1. The summed E-state index contributed by atoms with van der Waals surface area (Å²) < 4.78 is 30.8.